The van der Waals surface area contributed by atoms with Gasteiger partial charge in [-0.2, -0.15) is 0 Å². The number of amides is 1. The lowest BCUT2D eigenvalue weighted by atomic mass is 9.77. The van der Waals surface area contributed by atoms with E-state index in [2.05, 4.69) is 28.9 Å². The number of anilines is 2. The van der Waals surface area contributed by atoms with Crippen molar-refractivity contribution in [2.45, 2.75) is 31.7 Å². The maximum absolute atomic E-state index is 11.7. The Bertz CT molecular complexity index is 906. The van der Waals surface area contributed by atoms with Gasteiger partial charge in [-0.25, -0.2) is 0 Å². The number of phenolic OH excluding ortho intramolecular Hbond substituents is 1. The molecule has 1 aliphatic carbocycles. The molecule has 3 N–H and O–H groups in total. The van der Waals surface area contributed by atoms with Gasteiger partial charge in [0.15, 0.2) is 11.5 Å². The van der Waals surface area contributed by atoms with Crippen LogP contribution in [0.25, 0.3) is 0 Å². The third kappa shape index (κ3) is 3.14. The number of fused-ring (bicyclic) bond motifs is 3. The molecule has 2 aromatic carbocycles. The molecule has 5 nitrogen and oxygen atoms in total. The predicted molar refractivity (Wildman–Crippen MR) is 106 cm³/mol. The van der Waals surface area contributed by atoms with Crippen LogP contribution in [0.2, 0.25) is 0 Å². The molecule has 3 unspecified atom stereocenters. The molecule has 3 atom stereocenters. The molecule has 4 rings (SSSR count). The van der Waals surface area contributed by atoms with Crippen molar-refractivity contribution in [1.29, 1.82) is 0 Å². The van der Waals surface area contributed by atoms with Crippen molar-refractivity contribution in [3.63, 3.8) is 0 Å². The molecule has 1 amide bonds. The summed E-state index contributed by atoms with van der Waals surface area (Å²) in [4.78, 5) is 11.7. The molecule has 1 heterocycles. The monoisotopic (exact) mass is 364 g/mol. The molecule has 0 bridgehead atoms. The standard InChI is InChI=1S/C22H24N2O3/c1-3-21(26)23-14-8-9-18-17(12-14)15-5-4-6-16(15)22(24-18)13-7-10-19(25)20(11-13)27-2/h4-5,7-12,15-16,22,24-25H,3,6H2,1-2H3,(H,23,26). The number of nitrogens with one attached hydrogen (secondary N) is 2. The quantitative estimate of drug-likeness (QED) is 0.695. The minimum absolute atomic E-state index is 0.0197. The fourth-order valence-electron chi connectivity index (χ4n) is 4.14. The maximum Gasteiger partial charge on any atom is 0.224 e. The molecular formula is C22H24N2O3. The summed E-state index contributed by atoms with van der Waals surface area (Å²) in [6, 6.07) is 11.7. The van der Waals surface area contributed by atoms with Crippen LogP contribution in [-0.2, 0) is 4.79 Å². The number of aromatic hydroxyl groups is 1. The Morgan fingerprint density at radius 2 is 2.15 bits per heavy atom. The number of rotatable bonds is 4. The van der Waals surface area contributed by atoms with Crippen LogP contribution in [0.1, 0.15) is 42.9 Å². The van der Waals surface area contributed by atoms with Crippen molar-refractivity contribution >= 4 is 17.3 Å². The van der Waals surface area contributed by atoms with Gasteiger partial charge in [0.25, 0.3) is 0 Å². The van der Waals surface area contributed by atoms with E-state index in [0.29, 0.717) is 24.0 Å². The second kappa shape index (κ2) is 6.99. The number of methoxy groups -OCH3 is 1. The second-order valence-electron chi connectivity index (χ2n) is 7.11. The van der Waals surface area contributed by atoms with Crippen molar-refractivity contribution in [2.24, 2.45) is 5.92 Å². The van der Waals surface area contributed by atoms with E-state index in [-0.39, 0.29) is 17.7 Å². The number of ether oxygens (including phenoxy) is 1. The highest BCUT2D eigenvalue weighted by Gasteiger charge is 2.38. The normalized spacial score (nSPS) is 22.5. The van der Waals surface area contributed by atoms with E-state index in [1.165, 1.54) is 5.56 Å². The molecule has 0 spiro atoms. The summed E-state index contributed by atoms with van der Waals surface area (Å²) in [5, 5.41) is 16.5. The first-order valence-corrected chi connectivity index (χ1v) is 9.34. The highest BCUT2D eigenvalue weighted by Crippen LogP contribution is 2.50. The molecule has 2 aliphatic rings. The van der Waals surface area contributed by atoms with Crippen LogP contribution in [0.4, 0.5) is 11.4 Å². The van der Waals surface area contributed by atoms with E-state index in [9.17, 15) is 9.90 Å². The van der Waals surface area contributed by atoms with E-state index in [4.69, 9.17) is 4.74 Å². The lowest BCUT2D eigenvalue weighted by Crippen LogP contribution is -2.29. The van der Waals surface area contributed by atoms with E-state index < -0.39 is 0 Å². The topological polar surface area (TPSA) is 70.6 Å². The summed E-state index contributed by atoms with van der Waals surface area (Å²) >= 11 is 0. The van der Waals surface area contributed by atoms with Crippen LogP contribution in [0, 0.1) is 5.92 Å². The Labute approximate surface area is 159 Å². The lowest BCUT2D eigenvalue weighted by Gasteiger charge is -2.38. The van der Waals surface area contributed by atoms with Gasteiger partial charge in [-0.1, -0.05) is 25.1 Å². The first-order chi connectivity index (χ1) is 13.1. The number of carbonyl (C=O) groups is 1. The van der Waals surface area contributed by atoms with Crippen molar-refractivity contribution in [3.8, 4) is 11.5 Å². The number of carbonyl (C=O) groups excluding carboxylic acids is 1. The fourth-order valence-corrected chi connectivity index (χ4v) is 4.14. The number of phenols is 1. The summed E-state index contributed by atoms with van der Waals surface area (Å²) in [5.74, 6) is 1.33. The van der Waals surface area contributed by atoms with Crippen LogP contribution < -0.4 is 15.4 Å². The minimum Gasteiger partial charge on any atom is -0.504 e. The number of benzene rings is 2. The highest BCUT2D eigenvalue weighted by molar-refractivity contribution is 5.91. The van der Waals surface area contributed by atoms with Crippen molar-refractivity contribution < 1.29 is 14.6 Å². The minimum atomic E-state index is 0.0197. The summed E-state index contributed by atoms with van der Waals surface area (Å²) in [6.07, 6.45) is 5.94. The summed E-state index contributed by atoms with van der Waals surface area (Å²) in [5.41, 5.74) is 4.22. The molecule has 0 saturated heterocycles. The van der Waals surface area contributed by atoms with Gasteiger partial charge in [-0.3, -0.25) is 4.79 Å². The third-order valence-electron chi connectivity index (χ3n) is 5.53. The molecule has 27 heavy (non-hydrogen) atoms. The van der Waals surface area contributed by atoms with Gasteiger partial charge in [-0.15, -0.1) is 0 Å². The largest absolute Gasteiger partial charge is 0.504 e. The number of hydrogen-bond acceptors (Lipinski definition) is 4. The Morgan fingerprint density at radius 1 is 1.30 bits per heavy atom. The fraction of sp³-hybridized carbons (Fsp3) is 0.318. The van der Waals surface area contributed by atoms with Crippen molar-refractivity contribution in [3.05, 3.63) is 59.7 Å². The first-order valence-electron chi connectivity index (χ1n) is 9.34. The van der Waals surface area contributed by atoms with Crippen molar-refractivity contribution in [1.82, 2.24) is 0 Å². The molecule has 1 aliphatic heterocycles. The molecule has 0 fully saturated rings. The number of allylic oxidation sites excluding steroid dienone is 2. The Balaban J connectivity index is 1.69. The second-order valence-corrected chi connectivity index (χ2v) is 7.11. The first kappa shape index (κ1) is 17.5. The number of hydrogen-bond donors (Lipinski definition) is 3. The van der Waals surface area contributed by atoms with E-state index in [1.807, 2.05) is 31.2 Å². The van der Waals surface area contributed by atoms with Gasteiger partial charge in [0.05, 0.1) is 13.2 Å². The molecule has 0 aromatic heterocycles. The average Bonchev–Trinajstić information content (AvgIpc) is 3.18. The van der Waals surface area contributed by atoms with Crippen LogP contribution in [0.5, 0.6) is 11.5 Å². The Morgan fingerprint density at radius 3 is 2.93 bits per heavy atom. The van der Waals surface area contributed by atoms with Crippen molar-refractivity contribution in [2.75, 3.05) is 17.7 Å². The SMILES string of the molecule is CCC(=O)Nc1ccc2c(c1)C1C=CCC1C(c1ccc(O)c(OC)c1)N2. The zero-order valence-corrected chi connectivity index (χ0v) is 15.5. The maximum atomic E-state index is 11.7. The van der Waals surface area contributed by atoms with Gasteiger partial charge in [-0.05, 0) is 53.8 Å². The molecule has 140 valence electrons. The van der Waals surface area contributed by atoms with Crippen LogP contribution in [0.15, 0.2) is 48.6 Å². The molecule has 5 heteroatoms. The predicted octanol–water partition coefficient (Wildman–Crippen LogP) is 4.58. The highest BCUT2D eigenvalue weighted by atomic mass is 16.5. The lowest BCUT2D eigenvalue weighted by molar-refractivity contribution is -0.115. The van der Waals surface area contributed by atoms with E-state index in [0.717, 1.165) is 23.4 Å². The van der Waals surface area contributed by atoms with Gasteiger partial charge < -0.3 is 20.5 Å². The molecule has 2 aromatic rings. The summed E-state index contributed by atoms with van der Waals surface area (Å²) in [6.45, 7) is 1.85. The molecule has 0 saturated carbocycles. The van der Waals surface area contributed by atoms with Gasteiger partial charge in [0.1, 0.15) is 0 Å². The van der Waals surface area contributed by atoms with Gasteiger partial charge in [0.2, 0.25) is 5.91 Å². The van der Waals surface area contributed by atoms with E-state index in [1.54, 1.807) is 13.2 Å². The van der Waals surface area contributed by atoms with Crippen LogP contribution >= 0.6 is 0 Å². The Kier molecular flexibility index (Phi) is 4.52. The zero-order valence-electron chi connectivity index (χ0n) is 15.5. The van der Waals surface area contributed by atoms with Gasteiger partial charge >= 0.3 is 0 Å². The van der Waals surface area contributed by atoms with Gasteiger partial charge in [0, 0.05) is 23.7 Å². The third-order valence-corrected chi connectivity index (χ3v) is 5.53. The summed E-state index contributed by atoms with van der Waals surface area (Å²) < 4.78 is 5.29. The van der Waals surface area contributed by atoms with E-state index >= 15 is 0 Å². The zero-order chi connectivity index (χ0) is 19.0. The Hall–Kier alpha value is -2.95. The molecular weight excluding hydrogens is 340 g/mol. The molecule has 0 radical (unpaired) electrons. The smallest absolute Gasteiger partial charge is 0.224 e. The van der Waals surface area contributed by atoms with Crippen LogP contribution in [-0.4, -0.2) is 18.1 Å². The summed E-state index contributed by atoms with van der Waals surface area (Å²) in [7, 11) is 1.56. The average molecular weight is 364 g/mol. The van der Waals surface area contributed by atoms with Crippen LogP contribution in [0.3, 0.4) is 0 Å².